The average molecular weight is 508 g/mol. The van der Waals surface area contributed by atoms with Crippen molar-refractivity contribution >= 4 is 11.7 Å². The van der Waals surface area contributed by atoms with Crippen LogP contribution in [0.1, 0.15) is 37.1 Å². The second kappa shape index (κ2) is 8.64. The van der Waals surface area contributed by atoms with Crippen LogP contribution >= 0.6 is 0 Å². The number of rotatable bonds is 4. The fourth-order valence-electron chi connectivity index (χ4n) is 5.38. The monoisotopic (exact) mass is 507 g/mol. The average Bonchev–Trinajstić information content (AvgIpc) is 3.68. The van der Waals surface area contributed by atoms with E-state index in [0.717, 1.165) is 35.9 Å². The Morgan fingerprint density at radius 1 is 1.03 bits per heavy atom. The number of hydrogen-bond donors (Lipinski definition) is 0. The number of benzene rings is 1. The number of aryl methyl sites for hydroxylation is 1. The summed E-state index contributed by atoms with van der Waals surface area (Å²) in [5.74, 6) is -0.534. The quantitative estimate of drug-likeness (QED) is 0.540. The van der Waals surface area contributed by atoms with Gasteiger partial charge in [-0.05, 0) is 31.0 Å². The van der Waals surface area contributed by atoms with E-state index in [2.05, 4.69) is 4.90 Å². The summed E-state index contributed by atoms with van der Waals surface area (Å²) < 4.78 is 34.7. The molecule has 4 heterocycles. The molecule has 1 saturated carbocycles. The van der Waals surface area contributed by atoms with Gasteiger partial charge >= 0.3 is 0 Å². The van der Waals surface area contributed by atoms with Crippen molar-refractivity contribution < 1.29 is 18.3 Å². The van der Waals surface area contributed by atoms with E-state index < -0.39 is 17.0 Å². The van der Waals surface area contributed by atoms with Crippen LogP contribution in [0.15, 0.2) is 41.3 Å². The summed E-state index contributed by atoms with van der Waals surface area (Å²) in [6.07, 6.45) is 4.27. The second-order valence-electron chi connectivity index (χ2n) is 10.2. The third kappa shape index (κ3) is 4.04. The van der Waals surface area contributed by atoms with Crippen LogP contribution < -0.4 is 15.2 Å². The van der Waals surface area contributed by atoms with Crippen LogP contribution in [0.4, 0.5) is 14.6 Å². The summed E-state index contributed by atoms with van der Waals surface area (Å²) in [4.78, 5) is 39.0. The fraction of sp³-hybridized carbons (Fsp3) is 0.407. The molecule has 37 heavy (non-hydrogen) atoms. The van der Waals surface area contributed by atoms with Crippen molar-refractivity contribution in [3.8, 4) is 17.0 Å². The summed E-state index contributed by atoms with van der Waals surface area (Å²) in [5, 5.41) is 0. The Hall–Kier alpha value is -3.82. The van der Waals surface area contributed by atoms with Gasteiger partial charge in [-0.1, -0.05) is 0 Å². The topological polar surface area (TPSA) is 80.6 Å². The van der Waals surface area contributed by atoms with Gasteiger partial charge in [-0.2, -0.15) is 0 Å². The molecule has 0 unspecified atom stereocenters. The lowest BCUT2D eigenvalue weighted by molar-refractivity contribution is -0.134. The number of ether oxygens (including phenoxy) is 1. The Labute approximate surface area is 212 Å². The van der Waals surface area contributed by atoms with Crippen LogP contribution in [0, 0.1) is 11.6 Å². The lowest BCUT2D eigenvalue weighted by Gasteiger charge is -2.36. The molecule has 3 aliphatic rings. The van der Waals surface area contributed by atoms with E-state index in [0.29, 0.717) is 44.0 Å². The molecule has 2 aliphatic heterocycles. The third-order valence-electron chi connectivity index (χ3n) is 7.58. The summed E-state index contributed by atoms with van der Waals surface area (Å²) in [6, 6.07) is 6.57. The molecule has 1 aromatic carbocycles. The minimum atomic E-state index is -0.715. The zero-order chi connectivity index (χ0) is 25.9. The van der Waals surface area contributed by atoms with Gasteiger partial charge < -0.3 is 19.1 Å². The SMILES string of the molecule is CN1Cc2nc(N3CCC(Oc4ccc(F)cc4F)CC3)c(-c3ccc(=O)n(C)c3)nc2C2(CC2)C1=O. The predicted octanol–water partition coefficient (Wildman–Crippen LogP) is 3.17. The standard InChI is InChI=1S/C27H27F2N5O3/c1-32-14-16(3-6-22(32)35)23-25(30-20-15-33(2)26(36)27(9-10-27)24(20)31-23)34-11-7-18(8-12-34)37-21-5-4-17(28)13-19(21)29/h3-6,13-14,18H,7-12,15H2,1-2H3. The predicted molar refractivity (Wildman–Crippen MR) is 132 cm³/mol. The van der Waals surface area contributed by atoms with Crippen molar-refractivity contribution in [3.05, 3.63) is 69.9 Å². The molecular weight excluding hydrogens is 480 g/mol. The largest absolute Gasteiger partial charge is 0.487 e. The zero-order valence-corrected chi connectivity index (χ0v) is 20.7. The number of carbonyl (C=O) groups excluding carboxylic acids is 1. The van der Waals surface area contributed by atoms with E-state index in [1.165, 1.54) is 22.8 Å². The number of anilines is 1. The molecule has 2 aromatic heterocycles. The fourth-order valence-corrected chi connectivity index (χ4v) is 5.38. The number of hydrogen-bond acceptors (Lipinski definition) is 6. The van der Waals surface area contributed by atoms with Crippen LogP contribution in [0.5, 0.6) is 5.75 Å². The second-order valence-corrected chi connectivity index (χ2v) is 10.2. The first-order valence-corrected chi connectivity index (χ1v) is 12.5. The van der Waals surface area contributed by atoms with Crippen molar-refractivity contribution in [2.45, 2.75) is 43.7 Å². The van der Waals surface area contributed by atoms with E-state index in [1.807, 2.05) is 0 Å². The molecule has 1 amide bonds. The molecule has 192 valence electrons. The third-order valence-corrected chi connectivity index (χ3v) is 7.58. The van der Waals surface area contributed by atoms with Gasteiger partial charge in [0.1, 0.15) is 17.6 Å². The van der Waals surface area contributed by atoms with Crippen LogP contribution in [-0.2, 0) is 23.8 Å². The van der Waals surface area contributed by atoms with Crippen LogP contribution in [0.25, 0.3) is 11.3 Å². The zero-order valence-electron chi connectivity index (χ0n) is 20.7. The number of carbonyl (C=O) groups is 1. The Morgan fingerprint density at radius 2 is 1.78 bits per heavy atom. The smallest absolute Gasteiger partial charge is 0.250 e. The molecule has 2 fully saturated rings. The number of nitrogens with zero attached hydrogens (tertiary/aromatic N) is 5. The summed E-state index contributed by atoms with van der Waals surface area (Å²) >= 11 is 0. The summed E-state index contributed by atoms with van der Waals surface area (Å²) in [5.41, 5.74) is 2.22. The van der Waals surface area contributed by atoms with Crippen molar-refractivity contribution in [2.75, 3.05) is 25.0 Å². The van der Waals surface area contributed by atoms with Gasteiger partial charge in [0.25, 0.3) is 0 Å². The molecule has 1 aliphatic carbocycles. The molecular formula is C27H27F2N5O3. The highest BCUT2D eigenvalue weighted by molar-refractivity contribution is 5.92. The van der Waals surface area contributed by atoms with Crippen molar-refractivity contribution in [3.63, 3.8) is 0 Å². The lowest BCUT2D eigenvalue weighted by Crippen LogP contribution is -2.44. The van der Waals surface area contributed by atoms with Gasteiger partial charge in [-0.3, -0.25) is 9.59 Å². The minimum absolute atomic E-state index is 0.0433. The highest BCUT2D eigenvalue weighted by Gasteiger charge is 2.57. The first kappa shape index (κ1) is 23.6. The van der Waals surface area contributed by atoms with Gasteiger partial charge in [0.2, 0.25) is 11.5 Å². The molecule has 0 N–H and O–H groups in total. The number of amides is 1. The Kier molecular flexibility index (Phi) is 5.50. The minimum Gasteiger partial charge on any atom is -0.487 e. The van der Waals surface area contributed by atoms with Gasteiger partial charge in [-0.25, -0.2) is 18.7 Å². The number of likely N-dealkylation sites (N-methyl/N-ethyl adjacent to an activating group) is 1. The molecule has 3 aromatic rings. The van der Waals surface area contributed by atoms with Gasteiger partial charge in [0.15, 0.2) is 17.4 Å². The lowest BCUT2D eigenvalue weighted by atomic mass is 9.93. The van der Waals surface area contributed by atoms with Gasteiger partial charge in [0, 0.05) is 63.9 Å². The maximum Gasteiger partial charge on any atom is 0.250 e. The van der Waals surface area contributed by atoms with E-state index in [1.54, 1.807) is 31.3 Å². The van der Waals surface area contributed by atoms with Crippen molar-refractivity contribution in [1.82, 2.24) is 19.4 Å². The van der Waals surface area contributed by atoms with E-state index in [9.17, 15) is 18.4 Å². The van der Waals surface area contributed by atoms with Crippen LogP contribution in [-0.4, -0.2) is 51.6 Å². The molecule has 8 nitrogen and oxygen atoms in total. The normalized spacial score (nSPS) is 18.8. The molecule has 1 saturated heterocycles. The highest BCUT2D eigenvalue weighted by atomic mass is 19.1. The number of fused-ring (bicyclic) bond motifs is 2. The first-order valence-electron chi connectivity index (χ1n) is 12.5. The Bertz CT molecular complexity index is 1460. The maximum atomic E-state index is 14.1. The van der Waals surface area contributed by atoms with E-state index >= 15 is 0 Å². The Balaban J connectivity index is 1.33. The molecule has 0 radical (unpaired) electrons. The molecule has 10 heteroatoms. The number of aromatic nitrogens is 3. The summed E-state index contributed by atoms with van der Waals surface area (Å²) in [7, 11) is 3.49. The van der Waals surface area contributed by atoms with E-state index in [-0.39, 0.29) is 23.3 Å². The van der Waals surface area contributed by atoms with Gasteiger partial charge in [-0.15, -0.1) is 0 Å². The highest BCUT2D eigenvalue weighted by Crippen LogP contribution is 2.52. The van der Waals surface area contributed by atoms with Gasteiger partial charge in [0.05, 0.1) is 23.3 Å². The number of halogens is 2. The maximum absolute atomic E-state index is 14.1. The van der Waals surface area contributed by atoms with Crippen molar-refractivity contribution in [1.29, 1.82) is 0 Å². The molecule has 0 atom stereocenters. The molecule has 6 rings (SSSR count). The Morgan fingerprint density at radius 3 is 2.46 bits per heavy atom. The number of piperidine rings is 1. The van der Waals surface area contributed by atoms with E-state index in [4.69, 9.17) is 14.7 Å². The number of pyridine rings is 1. The molecule has 1 spiro atoms. The van der Waals surface area contributed by atoms with Crippen molar-refractivity contribution in [2.24, 2.45) is 7.05 Å². The van der Waals surface area contributed by atoms with Crippen LogP contribution in [0.2, 0.25) is 0 Å². The van der Waals surface area contributed by atoms with Crippen LogP contribution in [0.3, 0.4) is 0 Å². The summed E-state index contributed by atoms with van der Waals surface area (Å²) in [6.45, 7) is 1.59. The first-order chi connectivity index (χ1) is 17.7. The molecule has 0 bridgehead atoms.